The van der Waals surface area contributed by atoms with Crippen LogP contribution in [0.15, 0.2) is 18.2 Å². The third-order valence-corrected chi connectivity index (χ3v) is 3.46. The van der Waals surface area contributed by atoms with E-state index >= 15 is 0 Å². The summed E-state index contributed by atoms with van der Waals surface area (Å²) in [5, 5.41) is 0. The largest absolute Gasteiger partial charge is 0.418 e. The summed E-state index contributed by atoms with van der Waals surface area (Å²) in [6, 6.07) is 3.78. The fraction of sp³-hybridized carbons (Fsp3) is 0.500. The van der Waals surface area contributed by atoms with Crippen molar-refractivity contribution in [1.29, 1.82) is 0 Å². The minimum Gasteiger partial charge on any atom is -0.371 e. The maximum absolute atomic E-state index is 13.1. The smallest absolute Gasteiger partial charge is 0.371 e. The van der Waals surface area contributed by atoms with Crippen LogP contribution in [0.2, 0.25) is 0 Å². The minimum atomic E-state index is -4.44. The van der Waals surface area contributed by atoms with Gasteiger partial charge in [0.15, 0.2) is 0 Å². The maximum Gasteiger partial charge on any atom is 0.418 e. The van der Waals surface area contributed by atoms with Gasteiger partial charge in [-0.15, -0.1) is 0 Å². The van der Waals surface area contributed by atoms with E-state index in [9.17, 15) is 18.0 Å². The molecule has 1 fully saturated rings. The molecular weight excluding hydrogens is 255 g/mol. The molecule has 1 aromatic rings. The van der Waals surface area contributed by atoms with Crippen molar-refractivity contribution in [2.75, 3.05) is 18.0 Å². The highest BCUT2D eigenvalue weighted by Crippen LogP contribution is 2.38. The van der Waals surface area contributed by atoms with Crippen LogP contribution in [0.25, 0.3) is 0 Å². The summed E-state index contributed by atoms with van der Waals surface area (Å²) in [4.78, 5) is 12.4. The number of alkyl halides is 3. The van der Waals surface area contributed by atoms with E-state index in [1.807, 2.05) is 6.92 Å². The third-order valence-electron chi connectivity index (χ3n) is 3.46. The van der Waals surface area contributed by atoms with Gasteiger partial charge < -0.3 is 4.90 Å². The van der Waals surface area contributed by atoms with Crippen LogP contribution in [0.5, 0.6) is 0 Å². The van der Waals surface area contributed by atoms with Crippen molar-refractivity contribution in [1.82, 2.24) is 0 Å². The van der Waals surface area contributed by atoms with Crippen LogP contribution >= 0.6 is 0 Å². The lowest BCUT2D eigenvalue weighted by atomic mass is 9.98. The van der Waals surface area contributed by atoms with Crippen molar-refractivity contribution in [2.24, 2.45) is 5.92 Å². The number of halogens is 3. The van der Waals surface area contributed by atoms with E-state index in [1.165, 1.54) is 12.1 Å². The molecule has 1 aliphatic heterocycles. The number of hydrogen-bond donors (Lipinski definition) is 0. The van der Waals surface area contributed by atoms with Crippen LogP contribution in [-0.4, -0.2) is 19.4 Å². The Hall–Kier alpha value is -1.52. The molecule has 0 aliphatic carbocycles. The number of aldehydes is 1. The van der Waals surface area contributed by atoms with Gasteiger partial charge in [0, 0.05) is 24.3 Å². The van der Waals surface area contributed by atoms with Gasteiger partial charge in [-0.25, -0.2) is 0 Å². The molecule has 1 saturated heterocycles. The number of piperidine rings is 1. The first kappa shape index (κ1) is 13.9. The predicted molar refractivity (Wildman–Crippen MR) is 67.4 cm³/mol. The molecule has 1 heterocycles. The molecule has 19 heavy (non-hydrogen) atoms. The fourth-order valence-electron chi connectivity index (χ4n) is 2.54. The number of carbonyl (C=O) groups excluding carboxylic acids is 1. The predicted octanol–water partition coefficient (Wildman–Crippen LogP) is 3.75. The van der Waals surface area contributed by atoms with Gasteiger partial charge in [0.1, 0.15) is 6.29 Å². The van der Waals surface area contributed by atoms with Crippen molar-refractivity contribution in [2.45, 2.75) is 25.9 Å². The molecule has 104 valence electrons. The van der Waals surface area contributed by atoms with Gasteiger partial charge in [-0.3, -0.25) is 4.79 Å². The monoisotopic (exact) mass is 271 g/mol. The molecule has 0 amide bonds. The zero-order valence-corrected chi connectivity index (χ0v) is 10.7. The minimum absolute atomic E-state index is 0.0566. The van der Waals surface area contributed by atoms with E-state index in [2.05, 4.69) is 0 Å². The Bertz CT molecular complexity index is 470. The van der Waals surface area contributed by atoms with E-state index in [4.69, 9.17) is 0 Å². The second-order valence-corrected chi connectivity index (χ2v) is 5.09. The maximum atomic E-state index is 13.1. The lowest BCUT2D eigenvalue weighted by Gasteiger charge is -2.34. The van der Waals surface area contributed by atoms with Gasteiger partial charge in [-0.1, -0.05) is 6.92 Å². The molecule has 0 spiro atoms. The van der Waals surface area contributed by atoms with E-state index in [0.717, 1.165) is 18.9 Å². The summed E-state index contributed by atoms with van der Waals surface area (Å²) in [5.74, 6) is 0.389. The van der Waals surface area contributed by atoms with E-state index < -0.39 is 11.7 Å². The molecule has 1 atom stereocenters. The van der Waals surface area contributed by atoms with Gasteiger partial charge in [0.25, 0.3) is 0 Å². The van der Waals surface area contributed by atoms with Crippen LogP contribution in [0.3, 0.4) is 0 Å². The van der Waals surface area contributed by atoms with Gasteiger partial charge >= 0.3 is 6.18 Å². The number of rotatable bonds is 2. The van der Waals surface area contributed by atoms with E-state index in [1.54, 1.807) is 4.90 Å². The van der Waals surface area contributed by atoms with Crippen molar-refractivity contribution >= 4 is 12.0 Å². The number of hydrogen-bond acceptors (Lipinski definition) is 2. The number of anilines is 1. The standard InChI is InChI=1S/C14H16F3NO/c1-10-3-2-6-18(8-10)13-5-4-11(9-19)7-12(13)14(15,16)17/h4-5,7,9-10H,2-3,6,8H2,1H3. The summed E-state index contributed by atoms with van der Waals surface area (Å²) in [6.45, 7) is 3.30. The molecule has 1 unspecified atom stereocenters. The molecule has 1 aliphatic rings. The average Bonchev–Trinajstić information content (AvgIpc) is 2.37. The summed E-state index contributed by atoms with van der Waals surface area (Å²) in [6.07, 6.45) is -2.05. The highest BCUT2D eigenvalue weighted by Gasteiger charge is 2.35. The van der Waals surface area contributed by atoms with E-state index in [-0.39, 0.29) is 11.3 Å². The zero-order valence-electron chi connectivity index (χ0n) is 10.7. The lowest BCUT2D eigenvalue weighted by Crippen LogP contribution is -2.35. The summed E-state index contributed by atoms with van der Waals surface area (Å²) in [7, 11) is 0. The van der Waals surface area contributed by atoms with Crippen molar-refractivity contribution < 1.29 is 18.0 Å². The van der Waals surface area contributed by atoms with Gasteiger partial charge in [0.05, 0.1) is 5.56 Å². The molecule has 0 aromatic heterocycles. The number of nitrogens with zero attached hydrogens (tertiary/aromatic N) is 1. The topological polar surface area (TPSA) is 20.3 Å². The first-order chi connectivity index (χ1) is 8.91. The van der Waals surface area contributed by atoms with Crippen molar-refractivity contribution in [3.63, 3.8) is 0 Å². The highest BCUT2D eigenvalue weighted by atomic mass is 19.4. The molecule has 0 N–H and O–H groups in total. The Balaban J connectivity index is 2.41. The fourth-order valence-corrected chi connectivity index (χ4v) is 2.54. The molecule has 1 aromatic carbocycles. The van der Waals surface area contributed by atoms with Crippen LogP contribution < -0.4 is 4.90 Å². The molecule has 2 nitrogen and oxygen atoms in total. The van der Waals surface area contributed by atoms with Crippen molar-refractivity contribution in [3.8, 4) is 0 Å². The Labute approximate surface area is 110 Å². The molecule has 5 heteroatoms. The van der Waals surface area contributed by atoms with E-state index in [0.29, 0.717) is 25.3 Å². The summed E-state index contributed by atoms with van der Waals surface area (Å²) < 4.78 is 39.2. The Morgan fingerprint density at radius 2 is 2.11 bits per heavy atom. The first-order valence-corrected chi connectivity index (χ1v) is 6.33. The lowest BCUT2D eigenvalue weighted by molar-refractivity contribution is -0.137. The Kier molecular flexibility index (Phi) is 3.83. The van der Waals surface area contributed by atoms with Gasteiger partial charge in [-0.2, -0.15) is 13.2 Å². The first-order valence-electron chi connectivity index (χ1n) is 6.33. The summed E-state index contributed by atoms with van der Waals surface area (Å²) >= 11 is 0. The van der Waals surface area contributed by atoms with Crippen LogP contribution in [0, 0.1) is 5.92 Å². The van der Waals surface area contributed by atoms with Gasteiger partial charge in [-0.05, 0) is 37.0 Å². The molecule has 2 rings (SSSR count). The highest BCUT2D eigenvalue weighted by molar-refractivity contribution is 5.77. The summed E-state index contributed by atoms with van der Waals surface area (Å²) in [5.41, 5.74) is -0.475. The quantitative estimate of drug-likeness (QED) is 0.763. The second kappa shape index (κ2) is 5.23. The van der Waals surface area contributed by atoms with Crippen LogP contribution in [-0.2, 0) is 6.18 Å². The average molecular weight is 271 g/mol. The third kappa shape index (κ3) is 3.08. The molecule has 0 bridgehead atoms. The van der Waals surface area contributed by atoms with Gasteiger partial charge in [0.2, 0.25) is 0 Å². The Morgan fingerprint density at radius 3 is 2.68 bits per heavy atom. The Morgan fingerprint density at radius 1 is 1.37 bits per heavy atom. The number of carbonyl (C=O) groups is 1. The molecule has 0 saturated carbocycles. The molecular formula is C14H16F3NO. The van der Waals surface area contributed by atoms with Crippen molar-refractivity contribution in [3.05, 3.63) is 29.3 Å². The molecule has 0 radical (unpaired) electrons. The van der Waals surface area contributed by atoms with Crippen LogP contribution in [0.4, 0.5) is 18.9 Å². The van der Waals surface area contributed by atoms with Crippen LogP contribution in [0.1, 0.15) is 35.7 Å². The second-order valence-electron chi connectivity index (χ2n) is 5.09. The number of benzene rings is 1. The zero-order chi connectivity index (χ0) is 14.0. The SMILES string of the molecule is CC1CCCN(c2ccc(C=O)cc2C(F)(F)F)C1. The normalized spacial score (nSPS) is 20.4.